The molecule has 3 aromatic rings. The van der Waals surface area contributed by atoms with E-state index in [4.69, 9.17) is 4.98 Å². The van der Waals surface area contributed by atoms with Gasteiger partial charge in [0.1, 0.15) is 9.88 Å². The van der Waals surface area contributed by atoms with Crippen molar-refractivity contribution in [2.24, 2.45) is 0 Å². The van der Waals surface area contributed by atoms with Crippen LogP contribution in [-0.2, 0) is 0 Å². The molecular formula is C23H29N3OS. The predicted octanol–water partition coefficient (Wildman–Crippen LogP) is 4.99. The van der Waals surface area contributed by atoms with Crippen molar-refractivity contribution in [1.82, 2.24) is 14.8 Å². The third-order valence-electron chi connectivity index (χ3n) is 5.36. The summed E-state index contributed by atoms with van der Waals surface area (Å²) in [4.78, 5) is 22.6. The van der Waals surface area contributed by atoms with Crippen LogP contribution in [0, 0.1) is 13.8 Å². The van der Waals surface area contributed by atoms with Gasteiger partial charge in [-0.25, -0.2) is 4.98 Å². The lowest BCUT2D eigenvalue weighted by molar-refractivity contribution is 0.0783. The van der Waals surface area contributed by atoms with Gasteiger partial charge in [-0.05, 0) is 43.3 Å². The van der Waals surface area contributed by atoms with Crippen molar-refractivity contribution in [3.63, 3.8) is 0 Å². The van der Waals surface area contributed by atoms with Gasteiger partial charge in [0.25, 0.3) is 5.91 Å². The molecule has 0 bridgehead atoms. The lowest BCUT2D eigenvalue weighted by Crippen LogP contribution is -2.36. The van der Waals surface area contributed by atoms with Crippen molar-refractivity contribution in [1.29, 1.82) is 0 Å². The summed E-state index contributed by atoms with van der Waals surface area (Å²) in [5.41, 5.74) is 3.16. The highest BCUT2D eigenvalue weighted by Crippen LogP contribution is 2.34. The quantitative estimate of drug-likeness (QED) is 0.565. The molecule has 0 fully saturated rings. The van der Waals surface area contributed by atoms with Gasteiger partial charge in [0.2, 0.25) is 0 Å². The first-order valence-corrected chi connectivity index (χ1v) is 10.7. The number of amides is 1. The van der Waals surface area contributed by atoms with Gasteiger partial charge in [-0.2, -0.15) is 0 Å². The average molecular weight is 396 g/mol. The largest absolute Gasteiger partial charge is 0.340 e. The zero-order valence-electron chi connectivity index (χ0n) is 17.5. The molecule has 0 spiro atoms. The molecule has 4 nitrogen and oxygen atoms in total. The monoisotopic (exact) mass is 395 g/mol. The van der Waals surface area contributed by atoms with Gasteiger partial charge < -0.3 is 9.80 Å². The lowest BCUT2D eigenvalue weighted by atomic mass is 10.0. The third kappa shape index (κ3) is 4.10. The van der Waals surface area contributed by atoms with Crippen molar-refractivity contribution in [3.8, 4) is 10.6 Å². The van der Waals surface area contributed by atoms with E-state index in [0.717, 1.165) is 47.3 Å². The number of carbonyl (C=O) groups is 1. The molecule has 0 saturated carbocycles. The highest BCUT2D eigenvalue weighted by Gasteiger charge is 2.20. The van der Waals surface area contributed by atoms with E-state index in [2.05, 4.69) is 62.1 Å². The summed E-state index contributed by atoms with van der Waals surface area (Å²) >= 11 is 1.50. The number of aromatic nitrogens is 1. The third-order valence-corrected chi connectivity index (χ3v) is 6.53. The second-order valence-corrected chi connectivity index (χ2v) is 8.16. The Balaban J connectivity index is 1.88. The van der Waals surface area contributed by atoms with E-state index < -0.39 is 0 Å². The van der Waals surface area contributed by atoms with Crippen LogP contribution in [0.15, 0.2) is 36.4 Å². The number of benzene rings is 2. The number of rotatable bonds is 7. The number of carbonyl (C=O) groups excluding carboxylic acids is 1. The highest BCUT2D eigenvalue weighted by atomic mass is 32.1. The summed E-state index contributed by atoms with van der Waals surface area (Å²) < 4.78 is 0. The molecule has 0 aliphatic heterocycles. The van der Waals surface area contributed by atoms with Crippen LogP contribution in [0.25, 0.3) is 21.3 Å². The van der Waals surface area contributed by atoms with E-state index in [9.17, 15) is 4.79 Å². The fraction of sp³-hybridized carbons (Fsp3) is 0.391. The minimum atomic E-state index is 0.0600. The minimum Gasteiger partial charge on any atom is -0.340 e. The normalized spacial score (nSPS) is 11.4. The van der Waals surface area contributed by atoms with E-state index in [1.165, 1.54) is 27.7 Å². The molecule has 5 heteroatoms. The number of fused-ring (bicyclic) bond motifs is 1. The van der Waals surface area contributed by atoms with Gasteiger partial charge >= 0.3 is 0 Å². The van der Waals surface area contributed by atoms with Gasteiger partial charge in [-0.15, -0.1) is 11.3 Å². The van der Waals surface area contributed by atoms with E-state index in [1.807, 2.05) is 18.9 Å². The maximum atomic E-state index is 13.0. The molecular weight excluding hydrogens is 366 g/mol. The number of aryl methyl sites for hydroxylation is 2. The van der Waals surface area contributed by atoms with Crippen LogP contribution in [0.1, 0.15) is 34.8 Å². The van der Waals surface area contributed by atoms with Gasteiger partial charge in [0.15, 0.2) is 0 Å². The maximum Gasteiger partial charge on any atom is 0.265 e. The molecule has 0 atom stereocenters. The number of hydrogen-bond donors (Lipinski definition) is 0. The molecule has 1 heterocycles. The number of hydrogen-bond acceptors (Lipinski definition) is 4. The van der Waals surface area contributed by atoms with E-state index in [-0.39, 0.29) is 5.91 Å². The summed E-state index contributed by atoms with van der Waals surface area (Å²) in [6.45, 7) is 12.0. The van der Waals surface area contributed by atoms with Crippen LogP contribution in [0.4, 0.5) is 0 Å². The smallest absolute Gasteiger partial charge is 0.265 e. The molecule has 148 valence electrons. The summed E-state index contributed by atoms with van der Waals surface area (Å²) in [5.74, 6) is 0.0600. The number of likely N-dealkylation sites (N-methyl/N-ethyl adjacent to an activating group) is 2. The van der Waals surface area contributed by atoms with Gasteiger partial charge in [0.05, 0.1) is 5.69 Å². The van der Waals surface area contributed by atoms with E-state index in [1.54, 1.807) is 0 Å². The second-order valence-electron chi connectivity index (χ2n) is 7.16. The Labute approximate surface area is 171 Å². The SMILES string of the molecule is CCN(CC)CCN(C)C(=O)c1sc(-c2ccc(C)c3ccccc23)nc1C. The summed E-state index contributed by atoms with van der Waals surface area (Å²) in [7, 11) is 1.88. The Bertz CT molecular complexity index is 975. The molecule has 0 unspecified atom stereocenters. The van der Waals surface area contributed by atoms with E-state index in [0.29, 0.717) is 0 Å². The fourth-order valence-electron chi connectivity index (χ4n) is 3.45. The minimum absolute atomic E-state index is 0.0600. The van der Waals surface area contributed by atoms with Crippen molar-refractivity contribution in [3.05, 3.63) is 52.5 Å². The first-order chi connectivity index (χ1) is 13.5. The molecule has 0 radical (unpaired) electrons. The first-order valence-electron chi connectivity index (χ1n) is 9.90. The zero-order chi connectivity index (χ0) is 20.3. The molecule has 0 aliphatic carbocycles. The average Bonchev–Trinajstić information content (AvgIpc) is 3.09. The van der Waals surface area contributed by atoms with Gasteiger partial charge in [-0.1, -0.05) is 50.2 Å². The highest BCUT2D eigenvalue weighted by molar-refractivity contribution is 7.17. The Kier molecular flexibility index (Phi) is 6.47. The molecule has 1 aromatic heterocycles. The van der Waals surface area contributed by atoms with Gasteiger partial charge in [-0.3, -0.25) is 4.79 Å². The Morgan fingerprint density at radius 2 is 1.68 bits per heavy atom. The lowest BCUT2D eigenvalue weighted by Gasteiger charge is -2.22. The van der Waals surface area contributed by atoms with Crippen LogP contribution < -0.4 is 0 Å². The van der Waals surface area contributed by atoms with Crippen LogP contribution in [0.3, 0.4) is 0 Å². The molecule has 0 N–H and O–H groups in total. The summed E-state index contributed by atoms with van der Waals surface area (Å²) in [6, 6.07) is 12.6. The van der Waals surface area contributed by atoms with Crippen molar-refractivity contribution >= 4 is 28.0 Å². The molecule has 1 amide bonds. The molecule has 0 aliphatic rings. The van der Waals surface area contributed by atoms with Crippen LogP contribution >= 0.6 is 11.3 Å². The first kappa shape index (κ1) is 20.5. The fourth-order valence-corrected chi connectivity index (χ4v) is 4.55. The molecule has 3 rings (SSSR count). The predicted molar refractivity (Wildman–Crippen MR) is 119 cm³/mol. The Morgan fingerprint density at radius 3 is 2.36 bits per heavy atom. The summed E-state index contributed by atoms with van der Waals surface area (Å²) in [5, 5.41) is 3.33. The molecule has 2 aromatic carbocycles. The van der Waals surface area contributed by atoms with Crippen molar-refractivity contribution in [2.45, 2.75) is 27.7 Å². The Hall–Kier alpha value is -2.24. The Morgan fingerprint density at radius 1 is 1.00 bits per heavy atom. The van der Waals surface area contributed by atoms with Gasteiger partial charge in [0, 0.05) is 25.7 Å². The van der Waals surface area contributed by atoms with Crippen LogP contribution in [0.2, 0.25) is 0 Å². The van der Waals surface area contributed by atoms with Crippen LogP contribution in [0.5, 0.6) is 0 Å². The topological polar surface area (TPSA) is 36.4 Å². The van der Waals surface area contributed by atoms with Crippen LogP contribution in [-0.4, -0.2) is 53.9 Å². The van der Waals surface area contributed by atoms with Crippen molar-refractivity contribution in [2.75, 3.05) is 33.2 Å². The maximum absolute atomic E-state index is 13.0. The zero-order valence-corrected chi connectivity index (χ0v) is 18.3. The summed E-state index contributed by atoms with van der Waals surface area (Å²) in [6.07, 6.45) is 0. The number of nitrogens with zero attached hydrogens (tertiary/aromatic N) is 3. The van der Waals surface area contributed by atoms with Crippen molar-refractivity contribution < 1.29 is 4.79 Å². The number of thiazole rings is 1. The second kappa shape index (κ2) is 8.84. The standard InChI is InChI=1S/C23H29N3OS/c1-6-26(7-2)15-14-25(5)23(27)21-17(4)24-22(28-21)20-13-12-16(3)18-10-8-9-11-19(18)20/h8-13H,6-7,14-15H2,1-5H3. The molecule has 0 saturated heterocycles. The van der Waals surface area contributed by atoms with E-state index >= 15 is 0 Å². The molecule has 28 heavy (non-hydrogen) atoms.